The lowest BCUT2D eigenvalue weighted by Crippen LogP contribution is -2.54. The van der Waals surface area contributed by atoms with Gasteiger partial charge in [-0.15, -0.1) is 0 Å². The maximum absolute atomic E-state index is 13.7. The van der Waals surface area contributed by atoms with Crippen LogP contribution in [0.5, 0.6) is 0 Å². The predicted molar refractivity (Wildman–Crippen MR) is 142 cm³/mol. The van der Waals surface area contributed by atoms with Gasteiger partial charge in [0.05, 0.1) is 18.2 Å². The third-order valence-corrected chi connectivity index (χ3v) is 9.75. The number of hydrogen-bond donors (Lipinski definition) is 1. The number of methoxy groups -OCH3 is 1. The predicted octanol–water partition coefficient (Wildman–Crippen LogP) is 3.86. The molecule has 3 aromatic rings. The van der Waals surface area contributed by atoms with Gasteiger partial charge >= 0.3 is 5.69 Å². The van der Waals surface area contributed by atoms with Crippen LogP contribution in [0.2, 0.25) is 5.02 Å². The minimum Gasteiger partial charge on any atom is -0.379 e. The zero-order chi connectivity index (χ0) is 25.6. The lowest BCUT2D eigenvalue weighted by molar-refractivity contribution is -0.126. The van der Waals surface area contributed by atoms with Crippen LogP contribution in [0.25, 0.3) is 10.9 Å². The summed E-state index contributed by atoms with van der Waals surface area (Å²) in [4.78, 5) is 35.9. The number of anilines is 1. The standard InChI is InChI=1S/C26H28ClFN4O3S/c1-4-23(33)30-9-10-31(16(2)13-30)25-21-11-17(27)12-22-24(21)32(26(34)29-25)14-19(35-3)15-36(22)20-7-5-18(28)6-8-20/h4-8,11-12,16,19,36H,1,9-10,13-15H2,2-3H3/t16-,19-/m0/s1. The highest BCUT2D eigenvalue weighted by Crippen LogP contribution is 2.51. The maximum Gasteiger partial charge on any atom is 0.350 e. The van der Waals surface area contributed by atoms with E-state index < -0.39 is 10.9 Å². The van der Waals surface area contributed by atoms with E-state index in [1.807, 2.05) is 19.1 Å². The van der Waals surface area contributed by atoms with E-state index in [1.165, 1.54) is 18.2 Å². The summed E-state index contributed by atoms with van der Waals surface area (Å²) in [6.45, 7) is 7.50. The normalized spacial score (nSPS) is 22.9. The molecule has 1 amide bonds. The molecule has 0 spiro atoms. The average molecular weight is 531 g/mol. The van der Waals surface area contributed by atoms with Crippen LogP contribution in [-0.2, 0) is 16.1 Å². The number of hydrogen-bond acceptors (Lipinski definition) is 5. The molecule has 7 nitrogen and oxygen atoms in total. The number of benzene rings is 2. The van der Waals surface area contributed by atoms with Crippen LogP contribution in [0, 0.1) is 5.82 Å². The number of nitrogens with zero attached hydrogens (tertiary/aromatic N) is 4. The highest BCUT2D eigenvalue weighted by Gasteiger charge is 2.32. The van der Waals surface area contributed by atoms with Crippen molar-refractivity contribution >= 4 is 45.1 Å². The van der Waals surface area contributed by atoms with Gasteiger partial charge in [-0.25, -0.2) is 9.18 Å². The Labute approximate surface area is 216 Å². The summed E-state index contributed by atoms with van der Waals surface area (Å²) in [5.41, 5.74) is 0.442. The van der Waals surface area contributed by atoms with Gasteiger partial charge in [0.1, 0.15) is 11.6 Å². The van der Waals surface area contributed by atoms with Gasteiger partial charge in [0.2, 0.25) is 5.91 Å². The Kier molecular flexibility index (Phi) is 6.80. The third kappa shape index (κ3) is 4.40. The molecule has 1 fully saturated rings. The molecule has 2 aliphatic heterocycles. The molecule has 10 heteroatoms. The first-order chi connectivity index (χ1) is 17.3. The molecule has 2 aromatic carbocycles. The smallest absolute Gasteiger partial charge is 0.350 e. The molecule has 1 aromatic heterocycles. The molecule has 5 rings (SSSR count). The minimum atomic E-state index is -0.990. The zero-order valence-electron chi connectivity index (χ0n) is 20.2. The van der Waals surface area contributed by atoms with E-state index in [0.29, 0.717) is 42.8 Å². The van der Waals surface area contributed by atoms with E-state index in [0.717, 1.165) is 20.7 Å². The number of carbonyl (C=O) groups excluding carboxylic acids is 1. The summed E-state index contributed by atoms with van der Waals surface area (Å²) < 4.78 is 21.2. The number of amides is 1. The van der Waals surface area contributed by atoms with E-state index in [9.17, 15) is 14.0 Å². The average Bonchev–Trinajstić information content (AvgIpc) is 3.04. The van der Waals surface area contributed by atoms with Crippen molar-refractivity contribution in [1.82, 2.24) is 14.5 Å². The van der Waals surface area contributed by atoms with Crippen molar-refractivity contribution in [2.75, 3.05) is 37.4 Å². The Hall–Kier alpha value is -2.88. The molecule has 1 unspecified atom stereocenters. The minimum absolute atomic E-state index is 0.0634. The van der Waals surface area contributed by atoms with E-state index >= 15 is 0 Å². The molecule has 0 aliphatic carbocycles. The number of carbonyl (C=O) groups is 1. The van der Waals surface area contributed by atoms with E-state index in [1.54, 1.807) is 28.7 Å². The fourth-order valence-electron chi connectivity index (χ4n) is 5.12. The van der Waals surface area contributed by atoms with Crippen LogP contribution in [0.3, 0.4) is 0 Å². The Balaban J connectivity index is 1.70. The van der Waals surface area contributed by atoms with Gasteiger partial charge in [-0.2, -0.15) is 15.9 Å². The Morgan fingerprint density at radius 1 is 1.25 bits per heavy atom. The summed E-state index contributed by atoms with van der Waals surface area (Å²) in [7, 11) is 0.650. The van der Waals surface area contributed by atoms with Crippen molar-refractivity contribution in [3.05, 3.63) is 70.4 Å². The Morgan fingerprint density at radius 2 is 2.00 bits per heavy atom. The molecule has 0 N–H and O–H groups in total. The highest BCUT2D eigenvalue weighted by atomic mass is 35.5. The van der Waals surface area contributed by atoms with Crippen molar-refractivity contribution < 1.29 is 13.9 Å². The van der Waals surface area contributed by atoms with Gasteiger partial charge in [0.15, 0.2) is 0 Å². The summed E-state index contributed by atoms with van der Waals surface area (Å²) in [6.07, 6.45) is 1.11. The number of ether oxygens (including phenoxy) is 1. The first kappa shape index (κ1) is 24.8. The molecule has 1 saturated heterocycles. The molecule has 36 heavy (non-hydrogen) atoms. The highest BCUT2D eigenvalue weighted by molar-refractivity contribution is 8.17. The number of halogens is 2. The fraction of sp³-hybridized carbons (Fsp3) is 0.346. The van der Waals surface area contributed by atoms with Gasteiger partial charge < -0.3 is 14.5 Å². The fourth-order valence-corrected chi connectivity index (χ4v) is 8.07. The van der Waals surface area contributed by atoms with Crippen LogP contribution in [0.4, 0.5) is 10.2 Å². The van der Waals surface area contributed by atoms with Crippen LogP contribution in [0.1, 0.15) is 6.92 Å². The summed E-state index contributed by atoms with van der Waals surface area (Å²) in [5, 5.41) is 1.34. The third-order valence-electron chi connectivity index (χ3n) is 6.92. The second kappa shape index (κ2) is 9.88. The molecular weight excluding hydrogens is 503 g/mol. The summed E-state index contributed by atoms with van der Waals surface area (Å²) >= 11 is 6.67. The van der Waals surface area contributed by atoms with E-state index in [4.69, 9.17) is 16.3 Å². The first-order valence-electron chi connectivity index (χ1n) is 11.8. The molecule has 190 valence electrons. The summed E-state index contributed by atoms with van der Waals surface area (Å²) in [6, 6.07) is 10.2. The quantitative estimate of drug-likeness (QED) is 0.410. The maximum atomic E-state index is 13.7. The zero-order valence-corrected chi connectivity index (χ0v) is 21.8. The molecule has 0 radical (unpaired) electrons. The monoisotopic (exact) mass is 530 g/mol. The number of rotatable bonds is 4. The lowest BCUT2D eigenvalue weighted by atomic mass is 10.1. The van der Waals surface area contributed by atoms with Crippen molar-refractivity contribution in [2.24, 2.45) is 0 Å². The molecule has 0 bridgehead atoms. The van der Waals surface area contributed by atoms with Crippen LogP contribution in [0.15, 0.2) is 63.6 Å². The van der Waals surface area contributed by atoms with Gasteiger partial charge in [0.25, 0.3) is 0 Å². The topological polar surface area (TPSA) is 67.7 Å². The van der Waals surface area contributed by atoms with Gasteiger partial charge in [-0.1, -0.05) is 18.2 Å². The number of aromatic nitrogens is 2. The second-order valence-corrected chi connectivity index (χ2v) is 11.8. The van der Waals surface area contributed by atoms with Crippen LogP contribution < -0.4 is 10.6 Å². The van der Waals surface area contributed by atoms with Crippen molar-refractivity contribution in [3.63, 3.8) is 0 Å². The number of piperazine rings is 1. The number of thiol groups is 1. The van der Waals surface area contributed by atoms with E-state index in [-0.39, 0.29) is 29.6 Å². The largest absolute Gasteiger partial charge is 0.379 e. The van der Waals surface area contributed by atoms with Crippen molar-refractivity contribution in [3.8, 4) is 0 Å². The van der Waals surface area contributed by atoms with Gasteiger partial charge in [0, 0.05) is 53.8 Å². The molecule has 0 saturated carbocycles. The SMILES string of the molecule is C=CC(=O)N1CCN(c2nc(=O)n3c4c(cc(Cl)cc24)[SH](c2ccc(F)cc2)C[C@@H](OC)C3)[C@@H](C)C1. The second-order valence-electron chi connectivity index (χ2n) is 9.13. The Morgan fingerprint density at radius 3 is 2.67 bits per heavy atom. The lowest BCUT2D eigenvalue weighted by Gasteiger charge is -2.40. The van der Waals surface area contributed by atoms with Crippen molar-refractivity contribution in [2.45, 2.75) is 35.4 Å². The Bertz CT molecular complexity index is 1400. The van der Waals surface area contributed by atoms with Crippen molar-refractivity contribution in [1.29, 1.82) is 0 Å². The molecule has 3 atom stereocenters. The summed E-state index contributed by atoms with van der Waals surface area (Å²) in [5.74, 6) is 0.830. The van der Waals surface area contributed by atoms with E-state index in [2.05, 4.69) is 16.5 Å². The van der Waals surface area contributed by atoms with Crippen LogP contribution >= 0.6 is 22.5 Å². The molecular formula is C26H28ClFN4O3S. The van der Waals surface area contributed by atoms with Gasteiger partial charge in [-0.05, 0) is 54.3 Å². The van der Waals surface area contributed by atoms with Gasteiger partial charge in [-0.3, -0.25) is 9.36 Å². The molecule has 2 aliphatic rings. The molecule has 3 heterocycles. The first-order valence-corrected chi connectivity index (χ1v) is 13.7. The van der Waals surface area contributed by atoms with Crippen LogP contribution in [-0.4, -0.2) is 65.0 Å².